The lowest BCUT2D eigenvalue weighted by Crippen LogP contribution is -2.32. The molecule has 7 heteroatoms. The first-order chi connectivity index (χ1) is 14.5. The molecule has 0 saturated carbocycles. The van der Waals surface area contributed by atoms with E-state index < -0.39 is 0 Å². The number of carbonyl (C=O) groups is 2. The number of rotatable bonds is 9. The Morgan fingerprint density at radius 2 is 1.73 bits per heavy atom. The zero-order chi connectivity index (χ0) is 21.8. The smallest absolute Gasteiger partial charge is 0.251 e. The highest BCUT2D eigenvalue weighted by Gasteiger charge is 2.06. The molecule has 2 rings (SSSR count). The van der Waals surface area contributed by atoms with Crippen molar-refractivity contribution in [2.24, 2.45) is 0 Å². The molecule has 0 saturated heterocycles. The van der Waals surface area contributed by atoms with E-state index >= 15 is 0 Å². The summed E-state index contributed by atoms with van der Waals surface area (Å²) in [7, 11) is 0. The van der Waals surface area contributed by atoms with Gasteiger partial charge >= 0.3 is 0 Å². The molecule has 0 radical (unpaired) electrons. The summed E-state index contributed by atoms with van der Waals surface area (Å²) < 4.78 is 5.39. The minimum Gasteiger partial charge on any atom is -0.494 e. The molecule has 6 nitrogen and oxygen atoms in total. The molecule has 0 heterocycles. The summed E-state index contributed by atoms with van der Waals surface area (Å²) >= 11 is 5.17. The van der Waals surface area contributed by atoms with Crippen molar-refractivity contribution in [3.63, 3.8) is 0 Å². The van der Waals surface area contributed by atoms with Crippen LogP contribution in [0.5, 0.6) is 5.75 Å². The van der Waals surface area contributed by atoms with Gasteiger partial charge in [0.2, 0.25) is 5.91 Å². The first-order valence-corrected chi connectivity index (χ1v) is 10.3. The maximum atomic E-state index is 12.1. The van der Waals surface area contributed by atoms with E-state index in [1.165, 1.54) is 6.08 Å². The van der Waals surface area contributed by atoms with E-state index in [9.17, 15) is 9.59 Å². The number of hydrogen-bond donors (Lipinski definition) is 3. The number of nitrogens with one attached hydrogen (secondary N) is 3. The van der Waals surface area contributed by atoms with E-state index in [4.69, 9.17) is 17.0 Å². The van der Waals surface area contributed by atoms with Crippen molar-refractivity contribution in [2.75, 3.05) is 18.5 Å². The number of benzene rings is 2. The lowest BCUT2D eigenvalue weighted by atomic mass is 10.2. The van der Waals surface area contributed by atoms with Crippen LogP contribution in [0.25, 0.3) is 6.08 Å². The molecule has 2 aromatic rings. The number of amides is 2. The molecule has 0 fully saturated rings. The molecular weight excluding hydrogens is 398 g/mol. The number of anilines is 1. The van der Waals surface area contributed by atoms with Gasteiger partial charge in [0, 0.05) is 23.9 Å². The van der Waals surface area contributed by atoms with Crippen molar-refractivity contribution in [1.82, 2.24) is 10.6 Å². The van der Waals surface area contributed by atoms with Gasteiger partial charge in [0.15, 0.2) is 5.11 Å². The number of carbonyl (C=O) groups excluding carboxylic acids is 2. The summed E-state index contributed by atoms with van der Waals surface area (Å²) in [6.45, 7) is 5.27. The topological polar surface area (TPSA) is 79.5 Å². The lowest BCUT2D eigenvalue weighted by molar-refractivity contribution is -0.115. The van der Waals surface area contributed by atoms with Crippen molar-refractivity contribution in [2.45, 2.75) is 26.7 Å². The molecule has 0 aliphatic heterocycles. The van der Waals surface area contributed by atoms with Gasteiger partial charge in [-0.2, -0.15) is 0 Å². The van der Waals surface area contributed by atoms with Crippen LogP contribution in [0.2, 0.25) is 0 Å². The first-order valence-electron chi connectivity index (χ1n) is 9.93. The molecule has 0 spiro atoms. The van der Waals surface area contributed by atoms with E-state index in [1.54, 1.807) is 30.3 Å². The minimum absolute atomic E-state index is 0.106. The predicted molar refractivity (Wildman–Crippen MR) is 125 cm³/mol. The van der Waals surface area contributed by atoms with Gasteiger partial charge in [0.25, 0.3) is 5.91 Å². The van der Waals surface area contributed by atoms with Crippen LogP contribution in [-0.4, -0.2) is 30.1 Å². The SMILES string of the molecule is CCCCNC(=O)c1ccc(NC(=S)NC(=O)/C=C/c2ccc(OCC)cc2)cc1. The second-order valence-electron chi connectivity index (χ2n) is 6.47. The standard InChI is InChI=1S/C23H27N3O3S/c1-3-5-16-24-22(28)18-9-11-19(12-10-18)25-23(30)26-21(27)15-8-17-6-13-20(14-7-17)29-4-2/h6-15H,3-5,16H2,1-2H3,(H,24,28)(H2,25,26,27,30)/b15-8+. The van der Waals surface area contributed by atoms with Crippen LogP contribution in [0.1, 0.15) is 42.6 Å². The van der Waals surface area contributed by atoms with Crippen molar-refractivity contribution >= 4 is 40.9 Å². The fourth-order valence-corrected chi connectivity index (χ4v) is 2.73. The van der Waals surface area contributed by atoms with Crippen molar-refractivity contribution < 1.29 is 14.3 Å². The second kappa shape index (κ2) is 12.4. The quantitative estimate of drug-likeness (QED) is 0.320. The lowest BCUT2D eigenvalue weighted by Gasteiger charge is -2.09. The molecule has 0 bridgehead atoms. The van der Waals surface area contributed by atoms with Gasteiger partial charge in [0.1, 0.15) is 5.75 Å². The van der Waals surface area contributed by atoms with E-state index in [1.807, 2.05) is 31.2 Å². The molecule has 2 aromatic carbocycles. The Morgan fingerprint density at radius 1 is 1.03 bits per heavy atom. The van der Waals surface area contributed by atoms with E-state index in [2.05, 4.69) is 22.9 Å². The van der Waals surface area contributed by atoms with Gasteiger partial charge in [-0.05, 0) is 73.6 Å². The molecule has 30 heavy (non-hydrogen) atoms. The zero-order valence-corrected chi connectivity index (χ0v) is 18.1. The Labute approximate surface area is 182 Å². The summed E-state index contributed by atoms with van der Waals surface area (Å²) in [6.07, 6.45) is 5.08. The fraction of sp³-hybridized carbons (Fsp3) is 0.261. The molecule has 0 aliphatic carbocycles. The average Bonchev–Trinajstić information content (AvgIpc) is 2.74. The molecule has 158 valence electrons. The third kappa shape index (κ3) is 8.05. The normalized spacial score (nSPS) is 10.5. The summed E-state index contributed by atoms with van der Waals surface area (Å²) in [4.78, 5) is 24.1. The Kier molecular flexibility index (Phi) is 9.54. The van der Waals surface area contributed by atoms with Crippen LogP contribution in [0.4, 0.5) is 5.69 Å². The molecule has 3 N–H and O–H groups in total. The van der Waals surface area contributed by atoms with Gasteiger partial charge in [-0.3, -0.25) is 14.9 Å². The highest BCUT2D eigenvalue weighted by molar-refractivity contribution is 7.80. The number of thiocarbonyl (C=S) groups is 1. The third-order valence-electron chi connectivity index (χ3n) is 4.08. The third-order valence-corrected chi connectivity index (χ3v) is 4.28. The van der Waals surface area contributed by atoms with Crippen molar-refractivity contribution in [3.8, 4) is 5.75 Å². The van der Waals surface area contributed by atoms with Crippen molar-refractivity contribution in [1.29, 1.82) is 0 Å². The van der Waals surface area contributed by atoms with Gasteiger partial charge in [-0.1, -0.05) is 25.5 Å². The first kappa shape index (κ1) is 23.1. The van der Waals surface area contributed by atoms with E-state index in [0.717, 1.165) is 24.2 Å². The Bertz CT molecular complexity index is 878. The van der Waals surface area contributed by atoms with Gasteiger partial charge in [-0.15, -0.1) is 0 Å². The summed E-state index contributed by atoms with van der Waals surface area (Å²) in [6, 6.07) is 14.3. The van der Waals surface area contributed by atoms with Crippen LogP contribution < -0.4 is 20.7 Å². The molecule has 0 aliphatic rings. The Morgan fingerprint density at radius 3 is 2.37 bits per heavy atom. The van der Waals surface area contributed by atoms with Crippen LogP contribution in [0.3, 0.4) is 0 Å². The fourth-order valence-electron chi connectivity index (χ4n) is 2.52. The number of unbranched alkanes of at least 4 members (excludes halogenated alkanes) is 1. The highest BCUT2D eigenvalue weighted by Crippen LogP contribution is 2.13. The maximum Gasteiger partial charge on any atom is 0.251 e. The predicted octanol–water partition coefficient (Wildman–Crippen LogP) is 4.14. The van der Waals surface area contributed by atoms with Crippen molar-refractivity contribution in [3.05, 3.63) is 65.7 Å². The van der Waals surface area contributed by atoms with Crippen LogP contribution >= 0.6 is 12.2 Å². The van der Waals surface area contributed by atoms with Crippen LogP contribution in [0.15, 0.2) is 54.6 Å². The summed E-state index contributed by atoms with van der Waals surface area (Å²) in [5.41, 5.74) is 2.13. The summed E-state index contributed by atoms with van der Waals surface area (Å²) in [5, 5.41) is 8.56. The minimum atomic E-state index is -0.340. The Balaban J connectivity index is 1.81. The molecular formula is C23H27N3O3S. The molecule has 0 unspecified atom stereocenters. The van der Waals surface area contributed by atoms with Gasteiger partial charge < -0.3 is 15.4 Å². The number of hydrogen-bond acceptors (Lipinski definition) is 4. The van der Waals surface area contributed by atoms with E-state index in [-0.39, 0.29) is 16.9 Å². The molecule has 0 aromatic heterocycles. The maximum absolute atomic E-state index is 12.1. The van der Waals surface area contributed by atoms with E-state index in [0.29, 0.717) is 24.4 Å². The van der Waals surface area contributed by atoms with Gasteiger partial charge in [-0.25, -0.2) is 0 Å². The van der Waals surface area contributed by atoms with Crippen LogP contribution in [0, 0.1) is 0 Å². The van der Waals surface area contributed by atoms with Crippen LogP contribution in [-0.2, 0) is 4.79 Å². The number of ether oxygens (including phenoxy) is 1. The largest absolute Gasteiger partial charge is 0.494 e. The van der Waals surface area contributed by atoms with Gasteiger partial charge in [0.05, 0.1) is 6.61 Å². The summed E-state index contributed by atoms with van der Waals surface area (Å²) in [5.74, 6) is 0.340. The molecule has 0 atom stereocenters. The average molecular weight is 426 g/mol. The zero-order valence-electron chi connectivity index (χ0n) is 17.2. The second-order valence-corrected chi connectivity index (χ2v) is 6.87. The molecule has 2 amide bonds. The Hall–Kier alpha value is -3.19. The highest BCUT2D eigenvalue weighted by atomic mass is 32.1. The monoisotopic (exact) mass is 425 g/mol.